The first kappa shape index (κ1) is 16.0. The highest BCUT2D eigenvalue weighted by Gasteiger charge is 2.37. The molecular weight excluding hydrogens is 258 g/mol. The smallest absolute Gasteiger partial charge is 0.329 e. The van der Waals surface area contributed by atoms with Crippen LogP contribution in [0.1, 0.15) is 25.8 Å². The molecule has 1 aromatic rings. The molecule has 0 fully saturated rings. The van der Waals surface area contributed by atoms with Gasteiger partial charge in [0.25, 0.3) is 0 Å². The summed E-state index contributed by atoms with van der Waals surface area (Å²) < 4.78 is 5.08. The van der Waals surface area contributed by atoms with Crippen molar-refractivity contribution in [2.45, 2.75) is 32.2 Å². The van der Waals surface area contributed by atoms with Gasteiger partial charge in [0, 0.05) is 6.54 Å². The molecular formula is C15H21NO4. The molecule has 0 saturated carbocycles. The van der Waals surface area contributed by atoms with E-state index in [2.05, 4.69) is 0 Å². The van der Waals surface area contributed by atoms with Gasteiger partial charge in [-0.05, 0) is 44.4 Å². The predicted octanol–water partition coefficient (Wildman–Crippen LogP) is 1.95. The fourth-order valence-electron chi connectivity index (χ4n) is 2.09. The van der Waals surface area contributed by atoms with Crippen LogP contribution in [0.2, 0.25) is 0 Å². The second kappa shape index (κ2) is 6.93. The van der Waals surface area contributed by atoms with Crippen LogP contribution < -0.4 is 4.74 Å². The van der Waals surface area contributed by atoms with Gasteiger partial charge >= 0.3 is 5.97 Å². The highest BCUT2D eigenvalue weighted by molar-refractivity contribution is 5.81. The number of aryl methyl sites for hydroxylation is 1. The molecule has 0 spiro atoms. The number of ether oxygens (including phenoxy) is 1. The maximum atomic E-state index is 11.5. The van der Waals surface area contributed by atoms with Crippen molar-refractivity contribution in [3.8, 4) is 5.75 Å². The fraction of sp³-hybridized carbons (Fsp3) is 0.467. The van der Waals surface area contributed by atoms with E-state index in [0.29, 0.717) is 25.8 Å². The monoisotopic (exact) mass is 279 g/mol. The van der Waals surface area contributed by atoms with Crippen molar-refractivity contribution in [3.05, 3.63) is 29.8 Å². The number of carbonyl (C=O) groups excluding carboxylic acids is 1. The molecule has 110 valence electrons. The maximum Gasteiger partial charge on any atom is 0.329 e. The molecule has 0 aliphatic rings. The van der Waals surface area contributed by atoms with Crippen LogP contribution in [0, 0.1) is 0 Å². The third-order valence-electron chi connectivity index (χ3n) is 3.62. The second-order valence-electron chi connectivity index (χ2n) is 4.82. The standard InChI is InChI=1S/C15H21NO4/c1-4-16(11-17)15(2,14(18)19)10-9-12-5-7-13(20-3)8-6-12/h5-8,11H,4,9-10H2,1-3H3,(H,18,19). The average Bonchev–Trinajstić information content (AvgIpc) is 2.46. The summed E-state index contributed by atoms with van der Waals surface area (Å²) >= 11 is 0. The number of benzene rings is 1. The molecule has 0 saturated heterocycles. The van der Waals surface area contributed by atoms with E-state index in [1.807, 2.05) is 24.3 Å². The number of aliphatic carboxylic acids is 1. The summed E-state index contributed by atoms with van der Waals surface area (Å²) in [5, 5.41) is 9.40. The SMILES string of the molecule is CCN(C=O)C(C)(CCc1ccc(OC)cc1)C(=O)O. The van der Waals surface area contributed by atoms with Crippen LogP contribution >= 0.6 is 0 Å². The molecule has 1 amide bonds. The Morgan fingerprint density at radius 1 is 1.40 bits per heavy atom. The highest BCUT2D eigenvalue weighted by atomic mass is 16.5. The van der Waals surface area contributed by atoms with Crippen molar-refractivity contribution < 1.29 is 19.4 Å². The summed E-state index contributed by atoms with van der Waals surface area (Å²) in [6.45, 7) is 3.72. The minimum atomic E-state index is -1.18. The summed E-state index contributed by atoms with van der Waals surface area (Å²) in [6.07, 6.45) is 1.54. The lowest BCUT2D eigenvalue weighted by Crippen LogP contribution is -2.52. The van der Waals surface area contributed by atoms with Gasteiger partial charge in [-0.25, -0.2) is 4.79 Å². The largest absolute Gasteiger partial charge is 0.497 e. The first-order valence-electron chi connectivity index (χ1n) is 6.56. The number of hydrogen-bond acceptors (Lipinski definition) is 3. The number of carbonyl (C=O) groups is 2. The van der Waals surface area contributed by atoms with Gasteiger partial charge < -0.3 is 14.7 Å². The molecule has 0 aliphatic heterocycles. The van der Waals surface area contributed by atoms with E-state index >= 15 is 0 Å². The van der Waals surface area contributed by atoms with Crippen LogP contribution in [0.4, 0.5) is 0 Å². The van der Waals surface area contributed by atoms with E-state index < -0.39 is 11.5 Å². The second-order valence-corrected chi connectivity index (χ2v) is 4.82. The minimum absolute atomic E-state index is 0.362. The number of methoxy groups -OCH3 is 1. The zero-order chi connectivity index (χ0) is 15.2. The highest BCUT2D eigenvalue weighted by Crippen LogP contribution is 2.22. The molecule has 1 unspecified atom stereocenters. The normalized spacial score (nSPS) is 13.3. The van der Waals surface area contributed by atoms with Gasteiger partial charge in [0.05, 0.1) is 7.11 Å². The number of amides is 1. The molecule has 5 heteroatoms. The molecule has 1 atom stereocenters. The quantitative estimate of drug-likeness (QED) is 0.739. The van der Waals surface area contributed by atoms with E-state index in [9.17, 15) is 14.7 Å². The van der Waals surface area contributed by atoms with E-state index in [1.54, 1.807) is 21.0 Å². The number of carboxylic acid groups (broad SMARTS) is 1. The van der Waals surface area contributed by atoms with Gasteiger partial charge in [0.15, 0.2) is 0 Å². The van der Waals surface area contributed by atoms with Crippen LogP contribution in [0.5, 0.6) is 5.75 Å². The van der Waals surface area contributed by atoms with Gasteiger partial charge in [0.2, 0.25) is 6.41 Å². The van der Waals surface area contributed by atoms with Crippen LogP contribution in [0.3, 0.4) is 0 Å². The van der Waals surface area contributed by atoms with E-state index in [4.69, 9.17) is 4.74 Å². The van der Waals surface area contributed by atoms with Gasteiger partial charge in [-0.3, -0.25) is 4.79 Å². The van der Waals surface area contributed by atoms with Gasteiger partial charge in [-0.2, -0.15) is 0 Å². The first-order chi connectivity index (χ1) is 9.47. The summed E-state index contributed by atoms with van der Waals surface area (Å²) in [5.41, 5.74) is -0.170. The topological polar surface area (TPSA) is 66.8 Å². The number of hydrogen-bond donors (Lipinski definition) is 1. The lowest BCUT2D eigenvalue weighted by atomic mass is 9.91. The summed E-state index contributed by atoms with van der Waals surface area (Å²) in [6, 6.07) is 7.48. The molecule has 5 nitrogen and oxygen atoms in total. The maximum absolute atomic E-state index is 11.5. The molecule has 0 bridgehead atoms. The van der Waals surface area contributed by atoms with E-state index in [-0.39, 0.29) is 0 Å². The van der Waals surface area contributed by atoms with Crippen LogP contribution in [0.15, 0.2) is 24.3 Å². The summed E-state index contributed by atoms with van der Waals surface area (Å²) in [7, 11) is 1.60. The van der Waals surface area contributed by atoms with Crippen molar-refractivity contribution in [3.63, 3.8) is 0 Å². The number of rotatable bonds is 8. The Morgan fingerprint density at radius 2 is 2.00 bits per heavy atom. The molecule has 1 aromatic carbocycles. The molecule has 0 aromatic heterocycles. The van der Waals surface area contributed by atoms with Crippen LogP contribution in [-0.4, -0.2) is 41.6 Å². The molecule has 0 aliphatic carbocycles. The van der Waals surface area contributed by atoms with Gasteiger partial charge in [-0.1, -0.05) is 12.1 Å². The number of likely N-dealkylation sites (N-methyl/N-ethyl adjacent to an activating group) is 1. The molecule has 0 heterocycles. The van der Waals surface area contributed by atoms with Crippen molar-refractivity contribution in [1.82, 2.24) is 4.90 Å². The Morgan fingerprint density at radius 3 is 2.40 bits per heavy atom. The Kier molecular flexibility index (Phi) is 5.55. The summed E-state index contributed by atoms with van der Waals surface area (Å²) in [4.78, 5) is 23.8. The van der Waals surface area contributed by atoms with Crippen molar-refractivity contribution in [2.75, 3.05) is 13.7 Å². The van der Waals surface area contributed by atoms with Crippen molar-refractivity contribution in [1.29, 1.82) is 0 Å². The van der Waals surface area contributed by atoms with Crippen LogP contribution in [0.25, 0.3) is 0 Å². The zero-order valence-electron chi connectivity index (χ0n) is 12.1. The average molecular weight is 279 g/mol. The van der Waals surface area contributed by atoms with Gasteiger partial charge in [-0.15, -0.1) is 0 Å². The first-order valence-corrected chi connectivity index (χ1v) is 6.56. The Hall–Kier alpha value is -2.04. The minimum Gasteiger partial charge on any atom is -0.497 e. The lowest BCUT2D eigenvalue weighted by Gasteiger charge is -2.34. The van der Waals surface area contributed by atoms with E-state index in [0.717, 1.165) is 11.3 Å². The predicted molar refractivity (Wildman–Crippen MR) is 75.8 cm³/mol. The number of carboxylic acids is 1. The third kappa shape index (κ3) is 3.50. The van der Waals surface area contributed by atoms with Gasteiger partial charge in [0.1, 0.15) is 11.3 Å². The fourth-order valence-corrected chi connectivity index (χ4v) is 2.09. The molecule has 1 N–H and O–H groups in total. The third-order valence-corrected chi connectivity index (χ3v) is 3.62. The summed E-state index contributed by atoms with van der Waals surface area (Å²) in [5.74, 6) is -0.224. The molecule has 1 rings (SSSR count). The number of nitrogens with zero attached hydrogens (tertiary/aromatic N) is 1. The Balaban J connectivity index is 2.80. The molecule has 0 radical (unpaired) electrons. The Bertz CT molecular complexity index is 457. The lowest BCUT2D eigenvalue weighted by molar-refractivity contribution is -0.154. The zero-order valence-corrected chi connectivity index (χ0v) is 12.1. The van der Waals surface area contributed by atoms with Crippen LogP contribution in [-0.2, 0) is 16.0 Å². The Labute approximate surface area is 119 Å². The van der Waals surface area contributed by atoms with E-state index in [1.165, 1.54) is 4.90 Å². The molecule has 20 heavy (non-hydrogen) atoms. The van der Waals surface area contributed by atoms with Crippen molar-refractivity contribution in [2.24, 2.45) is 0 Å². The van der Waals surface area contributed by atoms with Crippen molar-refractivity contribution >= 4 is 12.4 Å².